The fourth-order valence-electron chi connectivity index (χ4n) is 2.46. The van der Waals surface area contributed by atoms with Crippen molar-refractivity contribution >= 4 is 39.5 Å². The minimum absolute atomic E-state index is 0.0198. The summed E-state index contributed by atoms with van der Waals surface area (Å²) in [5, 5.41) is 2.98. The Kier molecular flexibility index (Phi) is 3.67. The molecule has 11 heteroatoms. The van der Waals surface area contributed by atoms with Crippen molar-refractivity contribution in [3.05, 3.63) is 17.5 Å². The van der Waals surface area contributed by atoms with Gasteiger partial charge in [0.05, 0.1) is 0 Å². The van der Waals surface area contributed by atoms with Crippen LogP contribution in [0.5, 0.6) is 5.75 Å². The molecule has 2 aromatic rings. The van der Waals surface area contributed by atoms with Gasteiger partial charge in [0.2, 0.25) is 0 Å². The number of halogens is 3. The normalized spacial score (nSPS) is 18.0. The lowest BCUT2D eigenvalue weighted by Gasteiger charge is -2.11. The van der Waals surface area contributed by atoms with Gasteiger partial charge in [0, 0.05) is 36.7 Å². The number of thiol groups is 1. The molecule has 0 aliphatic carbocycles. The van der Waals surface area contributed by atoms with Gasteiger partial charge in [0.15, 0.2) is 17.2 Å². The molecule has 1 unspecified atom stereocenters. The first-order chi connectivity index (χ1) is 10.6. The van der Waals surface area contributed by atoms with Gasteiger partial charge < -0.3 is 13.9 Å². The standard InChI is InChI=1S/C12H11F3N2O4S2/c1-5-17-10-9-6(4-22)3-16-7(9)2-8(11(10)20-5)21-23(18,19)12(13,14)15/h2,6,16,22H,3-4H2,1H3. The van der Waals surface area contributed by atoms with Crippen LogP contribution in [0.1, 0.15) is 17.4 Å². The van der Waals surface area contributed by atoms with E-state index in [4.69, 9.17) is 4.42 Å². The molecule has 6 nitrogen and oxygen atoms in total. The predicted octanol–water partition coefficient (Wildman–Crippen LogP) is 2.80. The van der Waals surface area contributed by atoms with E-state index in [-0.39, 0.29) is 22.9 Å². The quantitative estimate of drug-likeness (QED) is 0.493. The van der Waals surface area contributed by atoms with Crippen LogP contribution < -0.4 is 9.50 Å². The lowest BCUT2D eigenvalue weighted by Crippen LogP contribution is -2.28. The Morgan fingerprint density at radius 1 is 1.52 bits per heavy atom. The van der Waals surface area contributed by atoms with Crippen molar-refractivity contribution in [2.75, 3.05) is 17.6 Å². The van der Waals surface area contributed by atoms with E-state index in [1.54, 1.807) is 0 Å². The molecule has 1 atom stereocenters. The number of aryl methyl sites for hydroxylation is 1. The van der Waals surface area contributed by atoms with E-state index >= 15 is 0 Å². The number of rotatable bonds is 3. The SMILES string of the molecule is Cc1nc2c3c(cc(OS(=O)(=O)C(F)(F)F)c2o1)NCC3CS. The monoisotopic (exact) mass is 368 g/mol. The minimum atomic E-state index is -5.80. The molecule has 0 saturated carbocycles. The van der Waals surface area contributed by atoms with E-state index in [1.807, 2.05) is 0 Å². The van der Waals surface area contributed by atoms with Crippen LogP contribution in [0, 0.1) is 6.92 Å². The number of benzene rings is 1. The van der Waals surface area contributed by atoms with Gasteiger partial charge in [-0.15, -0.1) is 0 Å². The zero-order chi connectivity index (χ0) is 17.0. The summed E-state index contributed by atoms with van der Waals surface area (Å²) in [4.78, 5) is 4.14. The molecule has 1 aromatic heterocycles. The van der Waals surface area contributed by atoms with Crippen molar-refractivity contribution < 1.29 is 30.2 Å². The van der Waals surface area contributed by atoms with Crippen molar-refractivity contribution in [2.24, 2.45) is 0 Å². The summed E-state index contributed by atoms with van der Waals surface area (Å²) in [5.41, 5.74) is -4.21. The van der Waals surface area contributed by atoms with Crippen LogP contribution in [0.3, 0.4) is 0 Å². The van der Waals surface area contributed by atoms with Gasteiger partial charge in [-0.3, -0.25) is 0 Å². The van der Waals surface area contributed by atoms with Crippen LogP contribution in [0.4, 0.5) is 18.9 Å². The summed E-state index contributed by atoms with van der Waals surface area (Å²) in [5.74, 6) is 0.104. The lowest BCUT2D eigenvalue weighted by atomic mass is 10.0. The molecule has 0 radical (unpaired) electrons. The van der Waals surface area contributed by atoms with Gasteiger partial charge in [-0.25, -0.2) is 4.98 Å². The fraction of sp³-hybridized carbons (Fsp3) is 0.417. The number of aromatic nitrogens is 1. The summed E-state index contributed by atoms with van der Waals surface area (Å²) in [7, 11) is -5.80. The van der Waals surface area contributed by atoms with E-state index in [9.17, 15) is 21.6 Å². The first-order valence-corrected chi connectivity index (χ1v) is 8.47. The fourth-order valence-corrected chi connectivity index (χ4v) is 3.22. The van der Waals surface area contributed by atoms with E-state index in [0.29, 0.717) is 18.0 Å². The average Bonchev–Trinajstić information content (AvgIpc) is 2.99. The van der Waals surface area contributed by atoms with Gasteiger partial charge >= 0.3 is 15.6 Å². The van der Waals surface area contributed by atoms with Crippen molar-refractivity contribution in [3.8, 4) is 5.75 Å². The molecule has 0 saturated heterocycles. The molecule has 0 bridgehead atoms. The van der Waals surface area contributed by atoms with Crippen molar-refractivity contribution in [1.29, 1.82) is 0 Å². The Bertz CT molecular complexity index is 877. The van der Waals surface area contributed by atoms with Gasteiger partial charge in [0.25, 0.3) is 0 Å². The van der Waals surface area contributed by atoms with Crippen molar-refractivity contribution in [2.45, 2.75) is 18.3 Å². The van der Waals surface area contributed by atoms with E-state index < -0.39 is 21.4 Å². The second-order valence-corrected chi connectivity index (χ2v) is 6.89. The van der Waals surface area contributed by atoms with Crippen LogP contribution in [0.2, 0.25) is 0 Å². The molecule has 0 fully saturated rings. The Balaban J connectivity index is 2.19. The molecule has 3 rings (SSSR count). The molecule has 0 spiro atoms. The zero-order valence-corrected chi connectivity index (χ0v) is 13.3. The van der Waals surface area contributed by atoms with Crippen LogP contribution in [0.25, 0.3) is 11.1 Å². The van der Waals surface area contributed by atoms with Gasteiger partial charge in [-0.1, -0.05) is 0 Å². The first-order valence-electron chi connectivity index (χ1n) is 6.43. The number of oxazole rings is 1. The molecule has 1 aliphatic heterocycles. The highest BCUT2D eigenvalue weighted by molar-refractivity contribution is 7.88. The highest BCUT2D eigenvalue weighted by atomic mass is 32.2. The topological polar surface area (TPSA) is 81.4 Å². The number of alkyl halides is 3. The number of anilines is 1. The Hall–Kier alpha value is -1.62. The smallest absolute Gasteiger partial charge is 0.437 e. The van der Waals surface area contributed by atoms with Crippen LogP contribution in [-0.2, 0) is 10.1 Å². The maximum absolute atomic E-state index is 12.5. The summed E-state index contributed by atoms with van der Waals surface area (Å²) < 4.78 is 69.6. The van der Waals surface area contributed by atoms with Gasteiger partial charge in [-0.05, 0) is 5.75 Å². The average molecular weight is 368 g/mol. The summed E-state index contributed by atoms with van der Waals surface area (Å²) >= 11 is 4.23. The number of nitrogens with zero attached hydrogens (tertiary/aromatic N) is 1. The molecular formula is C12H11F3N2O4S2. The molecule has 1 aliphatic rings. The van der Waals surface area contributed by atoms with Crippen LogP contribution in [0.15, 0.2) is 10.5 Å². The highest BCUT2D eigenvalue weighted by Gasteiger charge is 2.49. The lowest BCUT2D eigenvalue weighted by molar-refractivity contribution is -0.0499. The Labute approximate surface area is 134 Å². The minimum Gasteiger partial charge on any atom is -0.437 e. The molecule has 126 valence electrons. The summed E-state index contributed by atoms with van der Waals surface area (Å²) in [6, 6.07) is 1.18. The third-order valence-corrected chi connectivity index (χ3v) is 4.84. The van der Waals surface area contributed by atoms with Crippen LogP contribution in [-0.4, -0.2) is 31.2 Å². The molecule has 0 amide bonds. The number of hydrogen-bond donors (Lipinski definition) is 2. The maximum atomic E-state index is 12.5. The second kappa shape index (κ2) is 5.20. The largest absolute Gasteiger partial charge is 0.534 e. The Morgan fingerprint density at radius 3 is 2.83 bits per heavy atom. The van der Waals surface area contributed by atoms with Crippen molar-refractivity contribution in [3.63, 3.8) is 0 Å². The van der Waals surface area contributed by atoms with E-state index in [1.165, 1.54) is 13.0 Å². The molecular weight excluding hydrogens is 357 g/mol. The second-order valence-electron chi connectivity index (χ2n) is 4.99. The third-order valence-electron chi connectivity index (χ3n) is 3.43. The van der Waals surface area contributed by atoms with E-state index in [0.717, 1.165) is 5.56 Å². The van der Waals surface area contributed by atoms with Crippen molar-refractivity contribution in [1.82, 2.24) is 4.98 Å². The predicted molar refractivity (Wildman–Crippen MR) is 79.4 cm³/mol. The molecule has 1 N–H and O–H groups in total. The van der Waals surface area contributed by atoms with Crippen LogP contribution >= 0.6 is 12.6 Å². The maximum Gasteiger partial charge on any atom is 0.534 e. The number of nitrogens with one attached hydrogen (secondary N) is 1. The first kappa shape index (κ1) is 16.2. The third kappa shape index (κ3) is 2.61. The van der Waals surface area contributed by atoms with Gasteiger partial charge in [0.1, 0.15) is 5.52 Å². The molecule has 23 heavy (non-hydrogen) atoms. The summed E-state index contributed by atoms with van der Waals surface area (Å²) in [6.45, 7) is 2.02. The Morgan fingerprint density at radius 2 is 2.22 bits per heavy atom. The van der Waals surface area contributed by atoms with Gasteiger partial charge in [-0.2, -0.15) is 34.2 Å². The number of fused-ring (bicyclic) bond motifs is 3. The zero-order valence-electron chi connectivity index (χ0n) is 11.6. The molecule has 2 heterocycles. The number of hydrogen-bond acceptors (Lipinski definition) is 7. The van der Waals surface area contributed by atoms with E-state index in [2.05, 4.69) is 27.1 Å². The summed E-state index contributed by atoms with van der Waals surface area (Å²) in [6.07, 6.45) is 0. The molecule has 1 aromatic carbocycles. The highest BCUT2D eigenvalue weighted by Crippen LogP contribution is 2.43.